The lowest BCUT2D eigenvalue weighted by atomic mass is 9.52. The molecule has 0 saturated carbocycles. The number of hydrogen-bond donors (Lipinski definition) is 2. The molecular formula is C38H36N2O5. The molecule has 4 aromatic rings. The summed E-state index contributed by atoms with van der Waals surface area (Å²) >= 11 is 0. The maximum absolute atomic E-state index is 13.9. The molecule has 0 spiro atoms. The predicted octanol–water partition coefficient (Wildman–Crippen LogP) is 5.08. The second kappa shape index (κ2) is 11.9. The summed E-state index contributed by atoms with van der Waals surface area (Å²) < 4.78 is 17.0. The van der Waals surface area contributed by atoms with E-state index in [9.17, 15) is 9.59 Å². The van der Waals surface area contributed by atoms with Gasteiger partial charge in [0.2, 0.25) is 0 Å². The van der Waals surface area contributed by atoms with Crippen LogP contribution < -0.4 is 10.6 Å². The highest BCUT2D eigenvalue weighted by Gasteiger charge is 2.51. The lowest BCUT2D eigenvalue weighted by molar-refractivity contribution is 0.0157. The van der Waals surface area contributed by atoms with Gasteiger partial charge < -0.3 is 24.8 Å². The van der Waals surface area contributed by atoms with Crippen molar-refractivity contribution in [3.63, 3.8) is 0 Å². The standard InChI is InChI=1S/C38H36N2O5/c41-37-29-13-5-11-27-31-23-7-1-3-9-25(23)35(33(27)29)32-24-8-2-4-10-26(24)36(31)34-28(32)12-6-14-30(34)38(42)40-16-18-44-20-22-45-21-19-43-17-15-39-37/h1-14,31-32,35-36H,15-22H2,(H,39,41)(H,40,42)/t31-,32+,35-,36+. The third kappa shape index (κ3) is 4.69. The van der Waals surface area contributed by atoms with Crippen molar-refractivity contribution in [2.75, 3.05) is 52.7 Å². The maximum Gasteiger partial charge on any atom is 0.251 e. The van der Waals surface area contributed by atoms with E-state index in [4.69, 9.17) is 14.2 Å². The molecule has 1 heterocycles. The van der Waals surface area contributed by atoms with Crippen LogP contribution in [-0.2, 0) is 14.2 Å². The van der Waals surface area contributed by atoms with Gasteiger partial charge >= 0.3 is 0 Å². The minimum atomic E-state index is -0.103. The van der Waals surface area contributed by atoms with Gasteiger partial charge in [-0.15, -0.1) is 0 Å². The summed E-state index contributed by atoms with van der Waals surface area (Å²) in [5.41, 5.74) is 11.0. The van der Waals surface area contributed by atoms with E-state index in [0.29, 0.717) is 63.9 Å². The Bertz CT molecular complexity index is 1650. The molecule has 7 aliphatic rings. The van der Waals surface area contributed by atoms with Crippen molar-refractivity contribution >= 4 is 11.8 Å². The Labute approximate surface area is 262 Å². The summed E-state index contributed by atoms with van der Waals surface area (Å²) in [6, 6.07) is 29.8. The average Bonchev–Trinajstić information content (AvgIpc) is 3.06. The highest BCUT2D eigenvalue weighted by atomic mass is 16.5. The zero-order valence-electron chi connectivity index (χ0n) is 25.1. The van der Waals surface area contributed by atoms with E-state index in [-0.39, 0.29) is 35.5 Å². The number of benzene rings is 4. The number of hydrogen-bond acceptors (Lipinski definition) is 5. The molecule has 11 rings (SSSR count). The SMILES string of the molecule is O=C1NCCOCCOCCOCCNC(=O)c2cccc3c2[C@@H]2c4ccccc4[C@H]3[C@@H]3c4ccccc4[C@H]2c2cccc1c23. The number of amides is 2. The summed E-state index contributed by atoms with van der Waals surface area (Å²) in [5, 5.41) is 6.25. The number of ether oxygens (including phenoxy) is 3. The van der Waals surface area contributed by atoms with Crippen LogP contribution in [-0.4, -0.2) is 64.5 Å². The van der Waals surface area contributed by atoms with Crippen molar-refractivity contribution < 1.29 is 23.8 Å². The number of carbonyl (C=O) groups excluding carboxylic acids is 2. The van der Waals surface area contributed by atoms with Gasteiger partial charge in [0.1, 0.15) is 0 Å². The van der Waals surface area contributed by atoms with E-state index in [1.54, 1.807) is 0 Å². The van der Waals surface area contributed by atoms with Crippen molar-refractivity contribution in [2.24, 2.45) is 0 Å². The molecule has 7 heteroatoms. The highest BCUT2D eigenvalue weighted by molar-refractivity contribution is 5.98. The van der Waals surface area contributed by atoms with Crippen LogP contribution in [0.5, 0.6) is 0 Å². The number of nitrogens with one attached hydrogen (secondary N) is 2. The molecule has 4 atom stereocenters. The summed E-state index contributed by atoms with van der Waals surface area (Å²) in [6.45, 7) is 3.41. The van der Waals surface area contributed by atoms with Gasteiger partial charge in [-0.2, -0.15) is 0 Å². The second-order valence-corrected chi connectivity index (χ2v) is 12.1. The molecular weight excluding hydrogens is 564 g/mol. The largest absolute Gasteiger partial charge is 0.377 e. The fraction of sp³-hybridized carbons (Fsp3) is 0.316. The molecule has 1 aliphatic heterocycles. The first-order valence-electron chi connectivity index (χ1n) is 16.0. The van der Waals surface area contributed by atoms with E-state index in [1.807, 2.05) is 24.3 Å². The Balaban J connectivity index is 1.34. The van der Waals surface area contributed by atoms with Crippen molar-refractivity contribution in [1.29, 1.82) is 0 Å². The Morgan fingerprint density at radius 1 is 0.422 bits per heavy atom. The normalized spacial score (nSPS) is 24.4. The van der Waals surface area contributed by atoms with Gasteiger partial charge in [-0.3, -0.25) is 9.59 Å². The van der Waals surface area contributed by atoms with Crippen LogP contribution in [0, 0.1) is 0 Å². The van der Waals surface area contributed by atoms with Crippen LogP contribution in [0.4, 0.5) is 0 Å². The first-order valence-corrected chi connectivity index (χ1v) is 16.0. The quantitative estimate of drug-likeness (QED) is 0.294. The third-order valence-electron chi connectivity index (χ3n) is 9.87. The van der Waals surface area contributed by atoms with Crippen molar-refractivity contribution in [3.05, 3.63) is 141 Å². The van der Waals surface area contributed by atoms with Gasteiger partial charge in [-0.25, -0.2) is 0 Å². The van der Waals surface area contributed by atoms with Crippen molar-refractivity contribution in [3.8, 4) is 0 Å². The first-order chi connectivity index (χ1) is 22.2. The molecule has 0 fully saturated rings. The molecule has 2 N–H and O–H groups in total. The summed E-state index contributed by atoms with van der Waals surface area (Å²) in [7, 11) is 0. The van der Waals surface area contributed by atoms with Crippen molar-refractivity contribution in [1.82, 2.24) is 10.6 Å². The molecule has 0 aromatic heterocycles. The maximum atomic E-state index is 13.9. The van der Waals surface area contributed by atoms with Crippen LogP contribution in [0.3, 0.4) is 0 Å². The molecule has 0 saturated heterocycles. The molecule has 228 valence electrons. The molecule has 4 aromatic carbocycles. The fourth-order valence-corrected chi connectivity index (χ4v) is 8.22. The van der Waals surface area contributed by atoms with E-state index >= 15 is 0 Å². The van der Waals surface area contributed by atoms with Crippen LogP contribution in [0.1, 0.15) is 88.9 Å². The highest BCUT2D eigenvalue weighted by Crippen LogP contribution is 2.64. The minimum Gasteiger partial charge on any atom is -0.377 e. The van der Waals surface area contributed by atoms with Crippen LogP contribution >= 0.6 is 0 Å². The van der Waals surface area contributed by atoms with E-state index in [2.05, 4.69) is 71.3 Å². The molecule has 2 amide bonds. The van der Waals surface area contributed by atoms with Gasteiger partial charge in [0.25, 0.3) is 11.8 Å². The monoisotopic (exact) mass is 600 g/mol. The fourth-order valence-electron chi connectivity index (χ4n) is 8.22. The summed E-state index contributed by atoms with van der Waals surface area (Å²) in [5.74, 6) is -0.527. The Hall–Kier alpha value is -4.30. The Kier molecular flexibility index (Phi) is 7.45. The van der Waals surface area contributed by atoms with E-state index < -0.39 is 0 Å². The van der Waals surface area contributed by atoms with Crippen molar-refractivity contribution in [2.45, 2.75) is 23.7 Å². The van der Waals surface area contributed by atoms with Crippen LogP contribution in [0.15, 0.2) is 84.9 Å². The van der Waals surface area contributed by atoms with Gasteiger partial charge in [-0.05, 0) is 56.6 Å². The molecule has 45 heavy (non-hydrogen) atoms. The molecule has 6 aliphatic carbocycles. The Morgan fingerprint density at radius 2 is 0.778 bits per heavy atom. The average molecular weight is 601 g/mol. The minimum absolute atomic E-state index is 0.0696. The zero-order valence-corrected chi connectivity index (χ0v) is 25.1. The van der Waals surface area contributed by atoms with Crippen LogP contribution in [0.25, 0.3) is 0 Å². The lowest BCUT2D eigenvalue weighted by Crippen LogP contribution is -2.39. The van der Waals surface area contributed by atoms with Crippen LogP contribution in [0.2, 0.25) is 0 Å². The topological polar surface area (TPSA) is 85.9 Å². The number of rotatable bonds is 0. The molecule has 8 bridgehead atoms. The smallest absolute Gasteiger partial charge is 0.251 e. The van der Waals surface area contributed by atoms with E-state index in [1.165, 1.54) is 33.4 Å². The number of carbonyl (C=O) groups is 2. The molecule has 0 radical (unpaired) electrons. The van der Waals surface area contributed by atoms with Gasteiger partial charge in [0, 0.05) is 47.9 Å². The predicted molar refractivity (Wildman–Crippen MR) is 170 cm³/mol. The summed E-state index contributed by atoms with van der Waals surface area (Å²) in [6.07, 6.45) is 0. The van der Waals surface area contributed by atoms with Gasteiger partial charge in [0.05, 0.1) is 39.6 Å². The second-order valence-electron chi connectivity index (χ2n) is 12.1. The lowest BCUT2D eigenvalue weighted by Gasteiger charge is -2.50. The summed E-state index contributed by atoms with van der Waals surface area (Å²) in [4.78, 5) is 27.9. The molecule has 7 nitrogen and oxygen atoms in total. The third-order valence-corrected chi connectivity index (χ3v) is 9.87. The van der Waals surface area contributed by atoms with Gasteiger partial charge in [-0.1, -0.05) is 72.8 Å². The first kappa shape index (κ1) is 28.2. The molecule has 0 unspecified atom stereocenters. The zero-order chi connectivity index (χ0) is 30.3. The van der Waals surface area contributed by atoms with E-state index in [0.717, 1.165) is 11.1 Å². The Morgan fingerprint density at radius 3 is 1.20 bits per heavy atom. The van der Waals surface area contributed by atoms with Gasteiger partial charge in [0.15, 0.2) is 0 Å².